The van der Waals surface area contributed by atoms with Crippen LogP contribution >= 0.6 is 0 Å². The summed E-state index contributed by atoms with van der Waals surface area (Å²) in [5.74, 6) is 1.53. The van der Waals surface area contributed by atoms with Gasteiger partial charge in [0.05, 0.1) is 11.0 Å². The molecule has 0 bridgehead atoms. The van der Waals surface area contributed by atoms with Gasteiger partial charge in [-0.05, 0) is 19.8 Å². The number of aryl methyl sites for hydroxylation is 1. The van der Waals surface area contributed by atoms with Crippen molar-refractivity contribution in [1.82, 2.24) is 19.6 Å². The van der Waals surface area contributed by atoms with Gasteiger partial charge in [0.2, 0.25) is 0 Å². The van der Waals surface area contributed by atoms with Crippen LogP contribution in [-0.4, -0.2) is 45.5 Å². The van der Waals surface area contributed by atoms with Crippen LogP contribution < -0.4 is 5.32 Å². The summed E-state index contributed by atoms with van der Waals surface area (Å²) < 4.78 is 25.1. The lowest BCUT2D eigenvalue weighted by Gasteiger charge is -2.12. The summed E-state index contributed by atoms with van der Waals surface area (Å²) in [6, 6.07) is 1.84. The highest BCUT2D eigenvalue weighted by atomic mass is 32.2. The minimum Gasteiger partial charge on any atom is -0.369 e. The second-order valence-electron chi connectivity index (χ2n) is 4.77. The van der Waals surface area contributed by atoms with Gasteiger partial charge in [-0.1, -0.05) is 0 Å². The second-order valence-corrected chi connectivity index (χ2v) is 7.17. The molecule has 19 heavy (non-hydrogen) atoms. The minimum atomic E-state index is -2.93. The summed E-state index contributed by atoms with van der Waals surface area (Å²) in [6.45, 7) is 2.27. The Hall–Kier alpha value is -1.70. The van der Waals surface area contributed by atoms with Gasteiger partial charge in [-0.25, -0.2) is 13.4 Å². The maximum absolute atomic E-state index is 11.8. The van der Waals surface area contributed by atoms with E-state index in [-0.39, 0.29) is 5.25 Å². The van der Waals surface area contributed by atoms with E-state index in [1.807, 2.05) is 13.0 Å². The van der Waals surface area contributed by atoms with Crippen molar-refractivity contribution in [1.29, 1.82) is 0 Å². The molecule has 0 saturated carbocycles. The van der Waals surface area contributed by atoms with E-state index in [1.165, 1.54) is 6.33 Å². The fourth-order valence-electron chi connectivity index (χ4n) is 2.36. The van der Waals surface area contributed by atoms with E-state index in [4.69, 9.17) is 0 Å². The summed E-state index contributed by atoms with van der Waals surface area (Å²) in [5, 5.41) is 6.92. The Bertz CT molecular complexity index is 709. The molecule has 1 fully saturated rings. The largest absolute Gasteiger partial charge is 0.369 e. The van der Waals surface area contributed by atoms with Crippen molar-refractivity contribution in [2.75, 3.05) is 17.6 Å². The van der Waals surface area contributed by atoms with E-state index in [0.717, 1.165) is 24.4 Å². The van der Waals surface area contributed by atoms with Crippen molar-refractivity contribution in [2.45, 2.75) is 25.0 Å². The third-order valence-corrected chi connectivity index (χ3v) is 5.63. The highest BCUT2D eigenvalue weighted by molar-refractivity contribution is 7.92. The first-order valence-corrected chi connectivity index (χ1v) is 7.90. The zero-order valence-corrected chi connectivity index (χ0v) is 11.4. The molecule has 1 N–H and O–H groups in total. The molecule has 0 aliphatic carbocycles. The number of rotatable bonds is 3. The van der Waals surface area contributed by atoms with Crippen LogP contribution in [0.3, 0.4) is 0 Å². The molecule has 1 saturated heterocycles. The van der Waals surface area contributed by atoms with E-state index >= 15 is 0 Å². The van der Waals surface area contributed by atoms with Crippen LogP contribution in [0.1, 0.15) is 18.5 Å². The topological polar surface area (TPSA) is 89.2 Å². The average molecular weight is 281 g/mol. The van der Waals surface area contributed by atoms with Gasteiger partial charge in [0.25, 0.3) is 5.78 Å². The predicted octanol–water partition coefficient (Wildman–Crippen LogP) is 0.422. The molecule has 0 radical (unpaired) electrons. The number of hydrogen-bond donors (Lipinski definition) is 1. The summed E-state index contributed by atoms with van der Waals surface area (Å²) in [6.07, 6.45) is 2.90. The SMILES string of the molecule is Cc1cc(NCC2CCCS2(=O)=O)n2ncnc2n1. The minimum absolute atomic E-state index is 0.299. The number of aromatic nitrogens is 4. The third-order valence-electron chi connectivity index (χ3n) is 3.35. The monoisotopic (exact) mass is 281 g/mol. The third kappa shape index (κ3) is 2.27. The van der Waals surface area contributed by atoms with Crippen molar-refractivity contribution >= 4 is 21.4 Å². The van der Waals surface area contributed by atoms with Crippen LogP contribution in [0.5, 0.6) is 0 Å². The van der Waals surface area contributed by atoms with E-state index in [0.29, 0.717) is 18.1 Å². The number of nitrogens with zero attached hydrogens (tertiary/aromatic N) is 4. The Balaban J connectivity index is 1.84. The molecule has 1 atom stereocenters. The molecule has 2 aromatic heterocycles. The zero-order chi connectivity index (χ0) is 13.5. The fraction of sp³-hybridized carbons (Fsp3) is 0.545. The lowest BCUT2D eigenvalue weighted by Crippen LogP contribution is -2.26. The zero-order valence-electron chi connectivity index (χ0n) is 10.6. The van der Waals surface area contributed by atoms with Crippen LogP contribution in [0.2, 0.25) is 0 Å². The van der Waals surface area contributed by atoms with Crippen molar-refractivity contribution in [3.8, 4) is 0 Å². The van der Waals surface area contributed by atoms with Gasteiger partial charge in [0, 0.05) is 18.3 Å². The molecular formula is C11H15N5O2S. The Morgan fingerprint density at radius 2 is 2.37 bits per heavy atom. The highest BCUT2D eigenvalue weighted by Gasteiger charge is 2.31. The maximum Gasteiger partial charge on any atom is 0.254 e. The van der Waals surface area contributed by atoms with Crippen LogP contribution in [0.4, 0.5) is 5.82 Å². The van der Waals surface area contributed by atoms with Crippen LogP contribution in [0.15, 0.2) is 12.4 Å². The molecule has 3 heterocycles. The fourth-order valence-corrected chi connectivity index (χ4v) is 4.13. The Kier molecular flexibility index (Phi) is 2.89. The first-order chi connectivity index (χ1) is 9.06. The Morgan fingerprint density at radius 1 is 1.53 bits per heavy atom. The molecule has 0 spiro atoms. The molecule has 1 aliphatic rings. The molecule has 0 amide bonds. The van der Waals surface area contributed by atoms with Gasteiger partial charge < -0.3 is 5.32 Å². The molecule has 1 unspecified atom stereocenters. The van der Waals surface area contributed by atoms with E-state index in [1.54, 1.807) is 4.52 Å². The van der Waals surface area contributed by atoms with E-state index in [9.17, 15) is 8.42 Å². The summed E-state index contributed by atoms with van der Waals surface area (Å²) in [7, 11) is -2.93. The van der Waals surface area contributed by atoms with Gasteiger partial charge in [-0.2, -0.15) is 14.6 Å². The average Bonchev–Trinajstić information content (AvgIpc) is 2.92. The van der Waals surface area contributed by atoms with Crippen LogP contribution in [0, 0.1) is 6.92 Å². The van der Waals surface area contributed by atoms with Crippen molar-refractivity contribution in [2.24, 2.45) is 0 Å². The number of nitrogens with one attached hydrogen (secondary N) is 1. The van der Waals surface area contributed by atoms with Crippen molar-refractivity contribution < 1.29 is 8.42 Å². The summed E-state index contributed by atoms with van der Waals surface area (Å²) in [4.78, 5) is 8.27. The van der Waals surface area contributed by atoms with Gasteiger partial charge >= 0.3 is 0 Å². The molecule has 102 valence electrons. The van der Waals surface area contributed by atoms with Crippen molar-refractivity contribution in [3.05, 3.63) is 18.1 Å². The van der Waals surface area contributed by atoms with Gasteiger partial charge in [-0.3, -0.25) is 0 Å². The Morgan fingerprint density at radius 3 is 3.11 bits per heavy atom. The lowest BCUT2D eigenvalue weighted by atomic mass is 10.2. The number of sulfone groups is 1. The van der Waals surface area contributed by atoms with E-state index in [2.05, 4.69) is 20.4 Å². The number of anilines is 1. The predicted molar refractivity (Wildman–Crippen MR) is 70.8 cm³/mol. The molecule has 3 rings (SSSR count). The molecule has 2 aromatic rings. The first-order valence-electron chi connectivity index (χ1n) is 6.19. The maximum atomic E-state index is 11.8. The molecule has 0 aromatic carbocycles. The van der Waals surface area contributed by atoms with Crippen LogP contribution in [0.25, 0.3) is 5.78 Å². The van der Waals surface area contributed by atoms with E-state index < -0.39 is 9.84 Å². The summed E-state index contributed by atoms with van der Waals surface area (Å²) in [5.41, 5.74) is 0.817. The molecule has 7 nitrogen and oxygen atoms in total. The first kappa shape index (κ1) is 12.3. The number of fused-ring (bicyclic) bond motifs is 1. The normalized spacial score (nSPS) is 21.8. The second kappa shape index (κ2) is 4.44. The smallest absolute Gasteiger partial charge is 0.254 e. The molecule has 1 aliphatic heterocycles. The van der Waals surface area contributed by atoms with Gasteiger partial charge in [0.1, 0.15) is 12.1 Å². The standard InChI is InChI=1S/C11H15N5O2S/c1-8-5-10(16-11(15-8)13-7-14-16)12-6-9-3-2-4-19(9,17)18/h5,7,9,12H,2-4,6H2,1H3. The van der Waals surface area contributed by atoms with Crippen LogP contribution in [-0.2, 0) is 9.84 Å². The quantitative estimate of drug-likeness (QED) is 0.877. The molecule has 8 heteroatoms. The lowest BCUT2D eigenvalue weighted by molar-refractivity contribution is 0.591. The molecular weight excluding hydrogens is 266 g/mol. The number of hydrogen-bond acceptors (Lipinski definition) is 6. The Labute approximate surface area is 111 Å². The van der Waals surface area contributed by atoms with Crippen molar-refractivity contribution in [3.63, 3.8) is 0 Å². The van der Waals surface area contributed by atoms with Gasteiger partial charge in [-0.15, -0.1) is 0 Å². The van der Waals surface area contributed by atoms with Gasteiger partial charge in [0.15, 0.2) is 9.84 Å². The summed E-state index contributed by atoms with van der Waals surface area (Å²) >= 11 is 0. The highest BCUT2D eigenvalue weighted by Crippen LogP contribution is 2.20.